The van der Waals surface area contributed by atoms with Gasteiger partial charge in [0.2, 0.25) is 0 Å². The van der Waals surface area contributed by atoms with Crippen LogP contribution in [0.15, 0.2) is 176 Å². The fourth-order valence-corrected chi connectivity index (χ4v) is 12.5. The molecule has 7 aromatic carbocycles. The monoisotopic (exact) mass is 627 g/mol. The van der Waals surface area contributed by atoms with Gasteiger partial charge in [-0.15, -0.1) is 0 Å². The Labute approximate surface area is 281 Å². The van der Waals surface area contributed by atoms with Crippen LogP contribution in [0.2, 0.25) is 0 Å². The van der Waals surface area contributed by atoms with Gasteiger partial charge in [0.25, 0.3) is 0 Å². The lowest BCUT2D eigenvalue weighted by Gasteiger charge is -2.36. The van der Waals surface area contributed by atoms with Crippen molar-refractivity contribution >= 4 is 56.3 Å². The molecule has 0 unspecified atom stereocenters. The largest absolute Gasteiger partial charge is 0.309 e. The number of hydrogen-bond acceptors (Lipinski definition) is 1. The van der Waals surface area contributed by atoms with Gasteiger partial charge in [-0.2, -0.15) is 5.26 Å². The predicted molar refractivity (Wildman–Crippen MR) is 201 cm³/mol. The van der Waals surface area contributed by atoms with E-state index in [1.165, 1.54) is 15.6 Å². The molecule has 3 nitrogen and oxygen atoms in total. The van der Waals surface area contributed by atoms with Crippen molar-refractivity contribution in [3.63, 3.8) is 0 Å². The second kappa shape index (κ2) is 12.0. The normalized spacial score (nSPS) is 11.3. The Bertz CT molecular complexity index is 2370. The maximum absolute atomic E-state index is 10.8. The number of nitriles is 1. The van der Waals surface area contributed by atoms with Crippen molar-refractivity contribution in [3.8, 4) is 22.9 Å². The van der Waals surface area contributed by atoms with Gasteiger partial charge in [0.1, 0.15) is 0 Å². The van der Waals surface area contributed by atoms with Crippen molar-refractivity contribution in [2.75, 3.05) is 0 Å². The van der Waals surface area contributed by atoms with Gasteiger partial charge in [-0.05, 0) is 50.6 Å². The third-order valence-corrected chi connectivity index (χ3v) is 14.2. The van der Waals surface area contributed by atoms with E-state index >= 15 is 0 Å². The topological polar surface area (TPSA) is 33.1 Å². The molecule has 8 rings (SSSR count). The Morgan fingerprint density at radius 3 is 1.48 bits per heavy atom. The summed E-state index contributed by atoms with van der Waals surface area (Å²) in [5, 5.41) is 17.8. The molecule has 0 spiro atoms. The lowest BCUT2D eigenvalue weighted by Crippen LogP contribution is -2.75. The summed E-state index contributed by atoms with van der Waals surface area (Å²) in [5.41, 5.74) is 5.61. The molecule has 48 heavy (non-hydrogen) atoms. The Kier molecular flexibility index (Phi) is 7.27. The number of fused-ring (bicyclic) bond motifs is 3. The molecule has 4 heteroatoms. The highest BCUT2D eigenvalue weighted by Crippen LogP contribution is 2.41. The maximum atomic E-state index is 10.8. The molecule has 0 N–H and O–H groups in total. The van der Waals surface area contributed by atoms with Gasteiger partial charge in [-0.1, -0.05) is 152 Å². The van der Waals surface area contributed by atoms with E-state index in [0.29, 0.717) is 11.3 Å². The standard InChI is InChI=1S/C44H29N3Si/c1-46-38-26-16-30-42(48(33-18-5-2-6-19-33,34-20-7-3-8-21-34)35-22-9-4-10-23-35)44(38)43-32(31-45)17-15-29-41(43)47-39-27-13-11-24-36(39)37-25-12-14-28-40(37)47/h2-30H. The van der Waals surface area contributed by atoms with Crippen molar-refractivity contribution in [1.29, 1.82) is 5.26 Å². The SMILES string of the molecule is [C-]#[N+]c1cccc([Si](c2ccccc2)(c2ccccc2)c2ccccc2)c1-c1c(C#N)cccc1-n1c2ccccc2c2ccccc21. The molecule has 0 aliphatic rings. The van der Waals surface area contributed by atoms with Crippen LogP contribution in [0.3, 0.4) is 0 Å². The summed E-state index contributed by atoms with van der Waals surface area (Å²) in [7, 11) is -3.09. The zero-order chi connectivity index (χ0) is 32.5. The number of aromatic nitrogens is 1. The predicted octanol–water partition coefficient (Wildman–Crippen LogP) is 8.25. The summed E-state index contributed by atoms with van der Waals surface area (Å²) in [6, 6.07) is 63.6. The summed E-state index contributed by atoms with van der Waals surface area (Å²) >= 11 is 0. The van der Waals surface area contributed by atoms with E-state index in [9.17, 15) is 5.26 Å². The average Bonchev–Trinajstić information content (AvgIpc) is 3.50. The van der Waals surface area contributed by atoms with Gasteiger partial charge in [-0.3, -0.25) is 0 Å². The van der Waals surface area contributed by atoms with Crippen LogP contribution in [0.4, 0.5) is 5.69 Å². The highest BCUT2D eigenvalue weighted by Gasteiger charge is 2.44. The van der Waals surface area contributed by atoms with E-state index in [2.05, 4.69) is 167 Å². The molecule has 0 bridgehead atoms. The van der Waals surface area contributed by atoms with E-state index in [1.807, 2.05) is 24.3 Å². The third-order valence-electron chi connectivity index (χ3n) is 9.42. The zero-order valence-electron chi connectivity index (χ0n) is 26.1. The minimum Gasteiger partial charge on any atom is -0.309 e. The van der Waals surface area contributed by atoms with Crippen LogP contribution < -0.4 is 20.7 Å². The third kappa shape index (κ3) is 4.40. The number of rotatable bonds is 6. The maximum Gasteiger partial charge on any atom is 0.194 e. The van der Waals surface area contributed by atoms with E-state index < -0.39 is 8.07 Å². The van der Waals surface area contributed by atoms with Crippen LogP contribution in [0.1, 0.15) is 5.56 Å². The van der Waals surface area contributed by atoms with Gasteiger partial charge < -0.3 is 4.57 Å². The summed E-state index contributed by atoms with van der Waals surface area (Å²) in [6.07, 6.45) is 0. The second-order valence-electron chi connectivity index (χ2n) is 11.8. The molecule has 0 fully saturated rings. The molecule has 8 aromatic rings. The van der Waals surface area contributed by atoms with Crippen molar-refractivity contribution in [2.24, 2.45) is 0 Å². The van der Waals surface area contributed by atoms with E-state index in [-0.39, 0.29) is 0 Å². The Hall–Kier alpha value is -6.46. The van der Waals surface area contributed by atoms with Gasteiger partial charge in [0.15, 0.2) is 13.8 Å². The molecule has 0 atom stereocenters. The van der Waals surface area contributed by atoms with Crippen molar-refractivity contribution < 1.29 is 0 Å². The average molecular weight is 628 g/mol. The molecule has 1 heterocycles. The minimum absolute atomic E-state index is 0.525. The van der Waals surface area contributed by atoms with Crippen molar-refractivity contribution in [2.45, 2.75) is 0 Å². The molecule has 0 aliphatic heterocycles. The first-order valence-corrected chi connectivity index (χ1v) is 18.0. The first kappa shape index (κ1) is 29.0. The number of para-hydroxylation sites is 2. The van der Waals surface area contributed by atoms with Crippen LogP contribution in [-0.2, 0) is 0 Å². The first-order valence-electron chi connectivity index (χ1n) is 16.0. The molecule has 224 valence electrons. The molecule has 0 amide bonds. The number of hydrogen-bond donors (Lipinski definition) is 0. The fraction of sp³-hybridized carbons (Fsp3) is 0. The summed E-state index contributed by atoms with van der Waals surface area (Å²) < 4.78 is 2.27. The number of nitrogens with zero attached hydrogens (tertiary/aromatic N) is 3. The highest BCUT2D eigenvalue weighted by molar-refractivity contribution is 7.20. The smallest absolute Gasteiger partial charge is 0.194 e. The number of benzene rings is 7. The van der Waals surface area contributed by atoms with E-state index in [4.69, 9.17) is 6.57 Å². The molecule has 0 aliphatic carbocycles. The fourth-order valence-electron chi connectivity index (χ4n) is 7.50. The van der Waals surface area contributed by atoms with Gasteiger partial charge in [-0.25, -0.2) is 4.85 Å². The lowest BCUT2D eigenvalue weighted by atomic mass is 9.96. The van der Waals surface area contributed by atoms with Crippen LogP contribution in [0.5, 0.6) is 0 Å². The van der Waals surface area contributed by atoms with Crippen LogP contribution in [-0.4, -0.2) is 12.6 Å². The molecular formula is C44H29N3Si. The second-order valence-corrected chi connectivity index (χ2v) is 15.6. The summed E-state index contributed by atoms with van der Waals surface area (Å²) in [6.45, 7) is 8.53. The van der Waals surface area contributed by atoms with Crippen LogP contribution in [0.25, 0.3) is 43.5 Å². The summed E-state index contributed by atoms with van der Waals surface area (Å²) in [5.74, 6) is 0. The Balaban J connectivity index is 1.58. The Morgan fingerprint density at radius 1 is 0.500 bits per heavy atom. The molecule has 1 aromatic heterocycles. The molecule has 0 saturated carbocycles. The molecular weight excluding hydrogens is 599 g/mol. The first-order chi connectivity index (χ1) is 23.8. The van der Waals surface area contributed by atoms with E-state index in [0.717, 1.165) is 43.8 Å². The van der Waals surface area contributed by atoms with Gasteiger partial charge >= 0.3 is 0 Å². The molecule has 0 radical (unpaired) electrons. The van der Waals surface area contributed by atoms with Crippen LogP contribution in [0, 0.1) is 17.9 Å². The quantitative estimate of drug-likeness (QED) is 0.104. The van der Waals surface area contributed by atoms with Crippen LogP contribution >= 0.6 is 0 Å². The van der Waals surface area contributed by atoms with Gasteiger partial charge in [0.05, 0.1) is 34.9 Å². The van der Waals surface area contributed by atoms with Crippen molar-refractivity contribution in [1.82, 2.24) is 4.57 Å². The Morgan fingerprint density at radius 2 is 0.979 bits per heavy atom. The zero-order valence-corrected chi connectivity index (χ0v) is 27.1. The molecule has 0 saturated heterocycles. The van der Waals surface area contributed by atoms with Gasteiger partial charge in [0, 0.05) is 16.3 Å². The van der Waals surface area contributed by atoms with Crippen molar-refractivity contribution in [3.05, 3.63) is 193 Å². The summed E-state index contributed by atoms with van der Waals surface area (Å²) in [4.78, 5) is 4.18. The minimum atomic E-state index is -3.09. The lowest BCUT2D eigenvalue weighted by molar-refractivity contribution is 1.18. The van der Waals surface area contributed by atoms with E-state index in [1.54, 1.807) is 0 Å². The highest BCUT2D eigenvalue weighted by atomic mass is 28.3.